The van der Waals surface area contributed by atoms with Crippen LogP contribution in [0.1, 0.15) is 24.3 Å². The number of fused-ring (bicyclic) bond motifs is 1. The number of benzene rings is 2. The van der Waals surface area contributed by atoms with E-state index in [-0.39, 0.29) is 4.90 Å². The van der Waals surface area contributed by atoms with Crippen LogP contribution in [0.3, 0.4) is 0 Å². The van der Waals surface area contributed by atoms with Crippen molar-refractivity contribution < 1.29 is 13.0 Å². The molecule has 3 nitrogen and oxygen atoms in total. The van der Waals surface area contributed by atoms with Crippen molar-refractivity contribution in [3.05, 3.63) is 59.8 Å². The molecule has 3 aromatic rings. The molecule has 0 aliphatic carbocycles. The molecular weight excluding hydrogens is 354 g/mol. The minimum atomic E-state index is -0.621. The molecule has 0 bridgehead atoms. The number of piperidine rings is 1. The molecule has 1 aliphatic rings. The predicted molar refractivity (Wildman–Crippen MR) is 101 cm³/mol. The van der Waals surface area contributed by atoms with Crippen LogP contribution in [-0.4, -0.2) is 30.0 Å². The van der Waals surface area contributed by atoms with E-state index < -0.39 is 11.6 Å². The molecule has 0 saturated carbocycles. The number of halogens is 2. The summed E-state index contributed by atoms with van der Waals surface area (Å²) >= 11 is 0.713. The van der Waals surface area contributed by atoms with Gasteiger partial charge in [-0.3, -0.25) is 0 Å². The highest BCUT2D eigenvalue weighted by atomic mass is 32.2. The summed E-state index contributed by atoms with van der Waals surface area (Å²) in [6, 6.07) is 9.49. The van der Waals surface area contributed by atoms with Crippen molar-refractivity contribution in [2.75, 3.05) is 20.1 Å². The Morgan fingerprint density at radius 1 is 1.12 bits per heavy atom. The van der Waals surface area contributed by atoms with Crippen LogP contribution >= 0.6 is 12.0 Å². The molecule has 1 N–H and O–H groups in total. The molecule has 136 valence electrons. The molecular formula is C20H20F2N2OS. The van der Waals surface area contributed by atoms with E-state index in [0.29, 0.717) is 23.7 Å². The maximum Gasteiger partial charge on any atom is 0.143 e. The Hall–Kier alpha value is -2.05. The topological polar surface area (TPSA) is 28.3 Å². The lowest BCUT2D eigenvalue weighted by molar-refractivity contribution is 0.256. The molecule has 0 spiro atoms. The second-order valence-electron chi connectivity index (χ2n) is 6.75. The maximum atomic E-state index is 13.7. The number of H-pyrrole nitrogens is 1. The van der Waals surface area contributed by atoms with Gasteiger partial charge in [-0.1, -0.05) is 6.07 Å². The fraction of sp³-hybridized carbons (Fsp3) is 0.300. The van der Waals surface area contributed by atoms with Gasteiger partial charge in [0.05, 0.1) is 12.0 Å². The van der Waals surface area contributed by atoms with Crippen molar-refractivity contribution in [1.29, 1.82) is 0 Å². The third-order valence-electron chi connectivity index (χ3n) is 4.98. The molecule has 0 unspecified atom stereocenters. The lowest BCUT2D eigenvalue weighted by Crippen LogP contribution is -2.29. The average Bonchev–Trinajstić information content (AvgIpc) is 3.05. The van der Waals surface area contributed by atoms with Gasteiger partial charge in [0.15, 0.2) is 0 Å². The smallest absolute Gasteiger partial charge is 0.143 e. The number of aromatic nitrogens is 1. The lowest BCUT2D eigenvalue weighted by Gasteiger charge is -2.28. The number of nitrogens with zero attached hydrogens (tertiary/aromatic N) is 1. The van der Waals surface area contributed by atoms with Gasteiger partial charge in [0.2, 0.25) is 0 Å². The first-order valence-electron chi connectivity index (χ1n) is 8.70. The monoisotopic (exact) mass is 374 g/mol. The highest BCUT2D eigenvalue weighted by molar-refractivity contribution is 7.95. The third kappa shape index (κ3) is 3.44. The van der Waals surface area contributed by atoms with Gasteiger partial charge in [0, 0.05) is 17.1 Å². The van der Waals surface area contributed by atoms with Gasteiger partial charge in [0.25, 0.3) is 0 Å². The zero-order valence-electron chi connectivity index (χ0n) is 14.5. The molecule has 6 heteroatoms. The van der Waals surface area contributed by atoms with Gasteiger partial charge in [0.1, 0.15) is 22.3 Å². The molecule has 0 amide bonds. The first-order chi connectivity index (χ1) is 12.6. The molecule has 1 aromatic heterocycles. The average molecular weight is 374 g/mol. The third-order valence-corrected chi connectivity index (χ3v) is 5.82. The largest absolute Gasteiger partial charge is 0.420 e. The lowest BCUT2D eigenvalue weighted by atomic mass is 9.89. The Balaban J connectivity index is 1.56. The first-order valence-corrected chi connectivity index (χ1v) is 9.44. The number of aromatic amines is 1. The Kier molecular flexibility index (Phi) is 4.87. The van der Waals surface area contributed by atoms with E-state index in [1.54, 1.807) is 0 Å². The van der Waals surface area contributed by atoms with Crippen molar-refractivity contribution >= 4 is 22.9 Å². The quantitative estimate of drug-likeness (QED) is 0.625. The molecule has 0 radical (unpaired) electrons. The fourth-order valence-electron chi connectivity index (χ4n) is 3.48. The normalized spacial score (nSPS) is 16.3. The number of nitrogens with one attached hydrogen (secondary N) is 1. The van der Waals surface area contributed by atoms with Crippen LogP contribution in [-0.2, 0) is 0 Å². The molecule has 0 atom stereocenters. The molecule has 2 aromatic carbocycles. The molecule has 1 fully saturated rings. The maximum absolute atomic E-state index is 13.7. The molecule has 2 heterocycles. The van der Waals surface area contributed by atoms with E-state index in [1.165, 1.54) is 23.8 Å². The summed E-state index contributed by atoms with van der Waals surface area (Å²) in [6.07, 6.45) is 4.33. The summed E-state index contributed by atoms with van der Waals surface area (Å²) in [6.45, 7) is 2.19. The van der Waals surface area contributed by atoms with E-state index in [0.717, 1.165) is 36.8 Å². The van der Waals surface area contributed by atoms with E-state index in [1.807, 2.05) is 18.2 Å². The van der Waals surface area contributed by atoms with Gasteiger partial charge in [-0.25, -0.2) is 8.78 Å². The zero-order valence-corrected chi connectivity index (χ0v) is 15.3. The Morgan fingerprint density at radius 3 is 2.58 bits per heavy atom. The summed E-state index contributed by atoms with van der Waals surface area (Å²) in [4.78, 5) is 5.54. The fourth-order valence-corrected chi connectivity index (χ4v) is 4.06. The number of hydrogen-bond donors (Lipinski definition) is 1. The summed E-state index contributed by atoms with van der Waals surface area (Å²) in [5, 5.41) is 1.12. The Bertz CT molecular complexity index is 899. The molecule has 4 rings (SSSR count). The van der Waals surface area contributed by atoms with Gasteiger partial charge >= 0.3 is 0 Å². The minimum absolute atomic E-state index is 0.128. The highest BCUT2D eigenvalue weighted by Crippen LogP contribution is 2.36. The van der Waals surface area contributed by atoms with Gasteiger partial charge < -0.3 is 14.1 Å². The zero-order chi connectivity index (χ0) is 18.1. The number of likely N-dealkylation sites (tertiary alicyclic amines) is 1. The van der Waals surface area contributed by atoms with Gasteiger partial charge in [-0.05, 0) is 74.8 Å². The highest BCUT2D eigenvalue weighted by Gasteiger charge is 2.21. The van der Waals surface area contributed by atoms with E-state index in [4.69, 9.17) is 4.18 Å². The van der Waals surface area contributed by atoms with Crippen molar-refractivity contribution in [3.63, 3.8) is 0 Å². The van der Waals surface area contributed by atoms with Crippen LogP contribution in [0.2, 0.25) is 0 Å². The van der Waals surface area contributed by atoms with E-state index >= 15 is 0 Å². The second kappa shape index (κ2) is 7.29. The van der Waals surface area contributed by atoms with Crippen LogP contribution in [0.5, 0.6) is 5.75 Å². The Morgan fingerprint density at radius 2 is 1.85 bits per heavy atom. The van der Waals surface area contributed by atoms with Crippen LogP contribution < -0.4 is 4.18 Å². The van der Waals surface area contributed by atoms with Crippen molar-refractivity contribution in [2.45, 2.75) is 23.7 Å². The standard InChI is InChI=1S/C20H20F2N2OS/c1-24-9-7-13(8-10-24)16-12-23-19-6-5-14(11-15(16)19)25-26-20-17(21)3-2-4-18(20)22/h2-6,11-13,23H,7-10H2,1H3. The van der Waals surface area contributed by atoms with Crippen molar-refractivity contribution in [1.82, 2.24) is 9.88 Å². The first kappa shape index (κ1) is 17.4. The van der Waals surface area contributed by atoms with Crippen molar-refractivity contribution in [2.24, 2.45) is 0 Å². The molecule has 1 saturated heterocycles. The molecule has 26 heavy (non-hydrogen) atoms. The summed E-state index contributed by atoms with van der Waals surface area (Å²) in [7, 11) is 2.15. The van der Waals surface area contributed by atoms with E-state index in [9.17, 15) is 8.78 Å². The van der Waals surface area contributed by atoms with Crippen LogP contribution in [0.25, 0.3) is 10.9 Å². The Labute approximate surface area is 155 Å². The second-order valence-corrected chi connectivity index (χ2v) is 7.49. The van der Waals surface area contributed by atoms with Crippen LogP contribution in [0, 0.1) is 11.6 Å². The minimum Gasteiger partial charge on any atom is -0.420 e. The molecule has 1 aliphatic heterocycles. The predicted octanol–water partition coefficient (Wildman–Crippen LogP) is 5.34. The van der Waals surface area contributed by atoms with Gasteiger partial charge in [-0.2, -0.15) is 0 Å². The van der Waals surface area contributed by atoms with Crippen molar-refractivity contribution in [3.8, 4) is 5.75 Å². The SMILES string of the molecule is CN1CCC(c2c[nH]c3ccc(OSc4c(F)cccc4F)cc23)CC1. The van der Waals surface area contributed by atoms with E-state index in [2.05, 4.69) is 23.1 Å². The summed E-state index contributed by atoms with van der Waals surface area (Å²) in [5.74, 6) is -0.139. The van der Waals surface area contributed by atoms with Gasteiger partial charge in [-0.15, -0.1) is 0 Å². The van der Waals surface area contributed by atoms with Crippen LogP contribution in [0.15, 0.2) is 47.5 Å². The van der Waals surface area contributed by atoms with Crippen LogP contribution in [0.4, 0.5) is 8.78 Å². The number of hydrogen-bond acceptors (Lipinski definition) is 3. The summed E-state index contributed by atoms with van der Waals surface area (Å²) in [5.41, 5.74) is 2.34. The number of rotatable bonds is 4. The summed E-state index contributed by atoms with van der Waals surface area (Å²) < 4.78 is 33.1.